The SMILES string of the molecule is COc1ccc(OC)c(Nc2nccc(NCc3ccco3)n2)c1. The summed E-state index contributed by atoms with van der Waals surface area (Å²) in [7, 11) is 3.22. The molecule has 0 atom stereocenters. The van der Waals surface area contributed by atoms with E-state index in [1.54, 1.807) is 32.7 Å². The highest BCUT2D eigenvalue weighted by Crippen LogP contribution is 2.30. The number of furan rings is 1. The second-order valence-electron chi connectivity index (χ2n) is 4.89. The van der Waals surface area contributed by atoms with Crippen LogP contribution in [0.1, 0.15) is 5.76 Å². The average Bonchev–Trinajstić information content (AvgIpc) is 3.14. The van der Waals surface area contributed by atoms with Gasteiger partial charge in [0.15, 0.2) is 0 Å². The van der Waals surface area contributed by atoms with Crippen molar-refractivity contribution < 1.29 is 13.9 Å². The van der Waals surface area contributed by atoms with Gasteiger partial charge in [-0.2, -0.15) is 4.98 Å². The molecule has 0 saturated heterocycles. The summed E-state index contributed by atoms with van der Waals surface area (Å²) in [6, 6.07) is 11.0. The highest BCUT2D eigenvalue weighted by atomic mass is 16.5. The number of nitrogens with zero attached hydrogens (tertiary/aromatic N) is 2. The van der Waals surface area contributed by atoms with E-state index in [1.807, 2.05) is 30.3 Å². The van der Waals surface area contributed by atoms with Gasteiger partial charge in [0.25, 0.3) is 0 Å². The second kappa shape index (κ2) is 7.36. The lowest BCUT2D eigenvalue weighted by Crippen LogP contribution is -2.04. The van der Waals surface area contributed by atoms with Gasteiger partial charge in [0, 0.05) is 12.3 Å². The van der Waals surface area contributed by atoms with Crippen molar-refractivity contribution in [3.8, 4) is 11.5 Å². The molecule has 0 fully saturated rings. The van der Waals surface area contributed by atoms with E-state index in [2.05, 4.69) is 20.6 Å². The van der Waals surface area contributed by atoms with Crippen molar-refractivity contribution in [2.45, 2.75) is 6.54 Å². The summed E-state index contributed by atoms with van der Waals surface area (Å²) in [4.78, 5) is 8.66. The Balaban J connectivity index is 1.74. The monoisotopic (exact) mass is 326 g/mol. The van der Waals surface area contributed by atoms with Crippen LogP contribution in [-0.2, 0) is 6.54 Å². The summed E-state index contributed by atoms with van der Waals surface area (Å²) >= 11 is 0. The zero-order valence-corrected chi connectivity index (χ0v) is 13.4. The Hall–Kier alpha value is -3.22. The Labute approximate surface area is 139 Å². The summed E-state index contributed by atoms with van der Waals surface area (Å²) in [5.74, 6) is 3.35. The molecule has 3 rings (SSSR count). The van der Waals surface area contributed by atoms with E-state index in [9.17, 15) is 0 Å². The smallest absolute Gasteiger partial charge is 0.229 e. The van der Waals surface area contributed by atoms with Gasteiger partial charge >= 0.3 is 0 Å². The van der Waals surface area contributed by atoms with E-state index < -0.39 is 0 Å². The van der Waals surface area contributed by atoms with Gasteiger partial charge in [-0.15, -0.1) is 0 Å². The molecule has 0 bridgehead atoms. The standard InChI is InChI=1S/C17H18N4O3/c1-22-12-5-6-15(23-2)14(10-12)20-17-18-8-7-16(21-17)19-11-13-4-3-9-24-13/h3-10H,11H2,1-2H3,(H2,18,19,20,21). The fourth-order valence-corrected chi connectivity index (χ4v) is 2.14. The van der Waals surface area contributed by atoms with Crippen LogP contribution in [0.5, 0.6) is 11.5 Å². The van der Waals surface area contributed by atoms with Crippen molar-refractivity contribution in [2.75, 3.05) is 24.9 Å². The van der Waals surface area contributed by atoms with Crippen molar-refractivity contribution >= 4 is 17.5 Å². The third-order valence-electron chi connectivity index (χ3n) is 3.33. The van der Waals surface area contributed by atoms with Crippen LogP contribution in [0.15, 0.2) is 53.3 Å². The lowest BCUT2D eigenvalue weighted by molar-refractivity contribution is 0.405. The number of rotatable bonds is 7. The lowest BCUT2D eigenvalue weighted by atomic mass is 10.2. The third-order valence-corrected chi connectivity index (χ3v) is 3.33. The molecule has 0 unspecified atom stereocenters. The van der Waals surface area contributed by atoms with E-state index >= 15 is 0 Å². The molecule has 0 saturated carbocycles. The van der Waals surface area contributed by atoms with E-state index in [1.165, 1.54) is 0 Å². The molecule has 2 heterocycles. The van der Waals surface area contributed by atoms with Crippen LogP contribution in [0.4, 0.5) is 17.5 Å². The number of hydrogen-bond acceptors (Lipinski definition) is 7. The predicted octanol–water partition coefficient (Wildman–Crippen LogP) is 3.44. The molecular formula is C17H18N4O3. The molecule has 0 radical (unpaired) electrons. The van der Waals surface area contributed by atoms with Crippen molar-refractivity contribution in [3.05, 3.63) is 54.6 Å². The summed E-state index contributed by atoms with van der Waals surface area (Å²) in [6.45, 7) is 0.548. The van der Waals surface area contributed by atoms with E-state index in [-0.39, 0.29) is 0 Å². The first-order chi connectivity index (χ1) is 11.8. The van der Waals surface area contributed by atoms with Crippen LogP contribution in [-0.4, -0.2) is 24.2 Å². The molecule has 124 valence electrons. The number of benzene rings is 1. The maximum Gasteiger partial charge on any atom is 0.229 e. The van der Waals surface area contributed by atoms with Crippen LogP contribution >= 0.6 is 0 Å². The van der Waals surface area contributed by atoms with Crippen LogP contribution in [0.3, 0.4) is 0 Å². The van der Waals surface area contributed by atoms with Crippen LogP contribution in [0, 0.1) is 0 Å². The van der Waals surface area contributed by atoms with Gasteiger partial charge in [-0.1, -0.05) is 0 Å². The molecular weight excluding hydrogens is 308 g/mol. The van der Waals surface area contributed by atoms with Crippen molar-refractivity contribution in [1.82, 2.24) is 9.97 Å². The molecule has 2 aromatic heterocycles. The highest BCUT2D eigenvalue weighted by Gasteiger charge is 2.07. The Bertz CT molecular complexity index is 790. The van der Waals surface area contributed by atoms with Gasteiger partial charge in [0.05, 0.1) is 32.7 Å². The molecule has 0 aliphatic heterocycles. The minimum atomic E-state index is 0.450. The fourth-order valence-electron chi connectivity index (χ4n) is 2.14. The third kappa shape index (κ3) is 3.75. The zero-order chi connectivity index (χ0) is 16.8. The molecule has 0 aliphatic rings. The van der Waals surface area contributed by atoms with Crippen molar-refractivity contribution in [3.63, 3.8) is 0 Å². The number of anilines is 3. The Kier molecular flexibility index (Phi) is 4.81. The number of methoxy groups -OCH3 is 2. The Morgan fingerprint density at radius 3 is 2.79 bits per heavy atom. The van der Waals surface area contributed by atoms with Crippen LogP contribution < -0.4 is 20.1 Å². The van der Waals surface area contributed by atoms with Crippen LogP contribution in [0.2, 0.25) is 0 Å². The van der Waals surface area contributed by atoms with Crippen molar-refractivity contribution in [2.24, 2.45) is 0 Å². The Morgan fingerprint density at radius 2 is 2.04 bits per heavy atom. The van der Waals surface area contributed by atoms with Gasteiger partial charge in [-0.25, -0.2) is 4.98 Å². The first-order valence-electron chi connectivity index (χ1n) is 7.37. The van der Waals surface area contributed by atoms with Gasteiger partial charge in [-0.05, 0) is 30.3 Å². The molecule has 0 spiro atoms. The van der Waals surface area contributed by atoms with Crippen LogP contribution in [0.25, 0.3) is 0 Å². The molecule has 7 nitrogen and oxygen atoms in total. The Morgan fingerprint density at radius 1 is 1.12 bits per heavy atom. The first-order valence-corrected chi connectivity index (χ1v) is 7.37. The first kappa shape index (κ1) is 15.7. The molecule has 3 aromatic rings. The number of hydrogen-bond donors (Lipinski definition) is 2. The van der Waals surface area contributed by atoms with Gasteiger partial charge in [0.1, 0.15) is 23.1 Å². The minimum absolute atomic E-state index is 0.450. The maximum absolute atomic E-state index is 5.34. The van der Waals surface area contributed by atoms with Gasteiger partial charge in [-0.3, -0.25) is 0 Å². The number of nitrogens with one attached hydrogen (secondary N) is 2. The van der Waals surface area contributed by atoms with E-state index in [0.29, 0.717) is 29.8 Å². The predicted molar refractivity (Wildman–Crippen MR) is 90.9 cm³/mol. The normalized spacial score (nSPS) is 10.2. The summed E-state index contributed by atoms with van der Waals surface area (Å²) < 4.78 is 15.9. The van der Waals surface area contributed by atoms with Gasteiger partial charge in [0.2, 0.25) is 5.95 Å². The molecule has 1 aromatic carbocycles. The average molecular weight is 326 g/mol. The topological polar surface area (TPSA) is 81.4 Å². The highest BCUT2D eigenvalue weighted by molar-refractivity contribution is 5.65. The lowest BCUT2D eigenvalue weighted by Gasteiger charge is -2.12. The molecule has 2 N–H and O–H groups in total. The molecule has 24 heavy (non-hydrogen) atoms. The minimum Gasteiger partial charge on any atom is -0.497 e. The number of ether oxygens (including phenoxy) is 2. The zero-order valence-electron chi connectivity index (χ0n) is 13.4. The van der Waals surface area contributed by atoms with E-state index in [0.717, 1.165) is 11.4 Å². The molecule has 0 aliphatic carbocycles. The molecule has 7 heteroatoms. The maximum atomic E-state index is 5.34. The summed E-state index contributed by atoms with van der Waals surface area (Å²) in [5, 5.41) is 6.32. The van der Waals surface area contributed by atoms with Gasteiger partial charge < -0.3 is 24.5 Å². The van der Waals surface area contributed by atoms with Crippen molar-refractivity contribution in [1.29, 1.82) is 0 Å². The summed E-state index contributed by atoms with van der Waals surface area (Å²) in [6.07, 6.45) is 3.31. The second-order valence-corrected chi connectivity index (χ2v) is 4.89. The largest absolute Gasteiger partial charge is 0.497 e. The van der Waals surface area contributed by atoms with E-state index in [4.69, 9.17) is 13.9 Å². The number of aromatic nitrogens is 2. The molecule has 0 amide bonds. The quantitative estimate of drug-likeness (QED) is 0.688. The summed E-state index contributed by atoms with van der Waals surface area (Å²) in [5.41, 5.74) is 0.722. The fraction of sp³-hybridized carbons (Fsp3) is 0.176.